The van der Waals surface area contributed by atoms with Crippen LogP contribution in [0.15, 0.2) is 196 Å². The number of nitrogens with zero attached hydrogens (tertiary/aromatic N) is 24. The zero-order valence-electron chi connectivity index (χ0n) is 82.1. The van der Waals surface area contributed by atoms with Gasteiger partial charge in [-0.1, -0.05) is 13.0 Å². The maximum Gasteiger partial charge on any atom is 0.275 e. The fourth-order valence-electron chi connectivity index (χ4n) is 21.7. The molecule has 6 aliphatic heterocycles. The van der Waals surface area contributed by atoms with Crippen LogP contribution < -0.4 is 41.2 Å². The molecular formula is C110H117F5N24O4. The summed E-state index contributed by atoms with van der Waals surface area (Å²) in [5, 5.41) is 3.75. The molecule has 7 aliphatic rings. The van der Waals surface area contributed by atoms with Crippen molar-refractivity contribution in [2.75, 3.05) is 191 Å². The molecule has 0 radical (unpaired) electrons. The molecule has 5 saturated heterocycles. The van der Waals surface area contributed by atoms with Crippen molar-refractivity contribution in [2.45, 2.75) is 84.7 Å². The van der Waals surface area contributed by atoms with E-state index in [1.165, 1.54) is 67.4 Å². The zero-order valence-corrected chi connectivity index (χ0v) is 82.1. The Bertz CT molecular complexity index is 8420. The third kappa shape index (κ3) is 18.1. The normalized spacial score (nSPS) is 17.0. The van der Waals surface area contributed by atoms with Gasteiger partial charge in [-0.05, 0) is 308 Å². The number of ketones is 1. The second kappa shape index (κ2) is 38.9. The summed E-state index contributed by atoms with van der Waals surface area (Å²) in [6, 6.07) is 52.8. The first-order valence-corrected chi connectivity index (χ1v) is 50.2. The fraction of sp³-hybridized carbons (Fsp3) is 0.364. The van der Waals surface area contributed by atoms with Gasteiger partial charge in [-0.15, -0.1) is 0 Å². The average molecular weight is 1930 g/mol. The highest BCUT2D eigenvalue weighted by Gasteiger charge is 2.32. The molecule has 0 amide bonds. The van der Waals surface area contributed by atoms with E-state index < -0.39 is 0 Å². The lowest BCUT2D eigenvalue weighted by Crippen LogP contribution is -2.30. The number of hydrogen-bond donors (Lipinski definition) is 0. The van der Waals surface area contributed by atoms with Gasteiger partial charge >= 0.3 is 0 Å². The largest absolute Gasteiger partial charge is 0.355 e. The fourth-order valence-corrected chi connectivity index (χ4v) is 21.7. The molecule has 6 fully saturated rings. The highest BCUT2D eigenvalue weighted by Crippen LogP contribution is 2.38. The number of halogens is 5. The van der Waals surface area contributed by atoms with Crippen molar-refractivity contribution >= 4 is 156 Å². The van der Waals surface area contributed by atoms with Crippen LogP contribution in [-0.2, 0) is 33.0 Å². The van der Waals surface area contributed by atoms with Crippen LogP contribution in [0, 0.1) is 35.0 Å². The van der Waals surface area contributed by atoms with Crippen molar-refractivity contribution in [1.29, 1.82) is 0 Å². The second-order valence-corrected chi connectivity index (χ2v) is 39.5. The number of likely N-dealkylation sites (N-methyl/N-ethyl adjacent to an activating group) is 5. The van der Waals surface area contributed by atoms with E-state index in [1.54, 1.807) is 70.8 Å². The van der Waals surface area contributed by atoms with Gasteiger partial charge in [0, 0.05) is 157 Å². The van der Waals surface area contributed by atoms with E-state index in [4.69, 9.17) is 29.9 Å². The summed E-state index contributed by atoms with van der Waals surface area (Å²) in [6.45, 7) is 25.3. The van der Waals surface area contributed by atoms with Crippen molar-refractivity contribution in [3.63, 3.8) is 0 Å². The molecule has 33 heteroatoms. The number of carbonyl (C=O) groups excluding carboxylic acids is 1. The molecule has 28 nitrogen and oxygen atoms in total. The van der Waals surface area contributed by atoms with Crippen LogP contribution in [0.25, 0.3) is 127 Å². The van der Waals surface area contributed by atoms with E-state index in [0.29, 0.717) is 57.5 Å². The van der Waals surface area contributed by atoms with Gasteiger partial charge in [0.15, 0.2) is 28.4 Å². The molecule has 0 atom stereocenters. The molecule has 1 aliphatic carbocycles. The number of benzene rings is 5. The van der Waals surface area contributed by atoms with E-state index in [0.717, 1.165) is 310 Å². The Labute approximate surface area is 821 Å². The van der Waals surface area contributed by atoms with Crippen LogP contribution in [0.1, 0.15) is 80.5 Å². The van der Waals surface area contributed by atoms with Gasteiger partial charge in [0.1, 0.15) is 86.1 Å². The van der Waals surface area contributed by atoms with Crippen molar-refractivity contribution in [3.05, 3.63) is 259 Å². The number of anilines is 5. The molecule has 5 aromatic carbocycles. The Morgan fingerprint density at radius 1 is 0.301 bits per heavy atom. The number of fused-ring (bicyclic) bond motifs is 25. The van der Waals surface area contributed by atoms with Crippen LogP contribution >= 0.6 is 0 Å². The number of Topliss-reactive ketones (excluding diaryl/α,β-unsaturated/α-hetero) is 1. The minimum Gasteiger partial charge on any atom is -0.355 e. The standard InChI is InChI=1S/C24H26FN5O.C22H24FN5O.C22H24FN5.C21H22FN5O.C21H21FN4O/c1-27-9-2-10-28(12-11-27)22-8-7-20-23(26-22)30-19-6-5-18(25)13-17(19)14-21(30)24(31)29(20)15-16-3-4-16;1-3-27-18-7-8-20(26-10-4-9-25(2)11-12-26)24-21(18)28-17-6-5-16(23)13-15(17)14-19(28)22(27)29;1-3-17-20-14-15-13-16(23)5-7-19(15)28(20)22-18(24-17)6-8-21(25-22)27-10-4-9-26(2)11-12-27;1-24-8-3-9-26(11-10-24)19-7-6-17-20(23-19)27-16-5-4-15(22)12-14(16)13-18(27)21(28)25(17)2;1-24-7-2-8-25(10-9-24)20-6-3-14-13-19(27)18-12-15-11-16(22)4-5-17(15)26(18)21(14)23-20/h5-8,13-14,16H,2-4,9-12,15H2,1H3;5-8,13-14H,3-4,9-12H2,1-2H3;5-8,13-14H,3-4,9-12H2,1-2H3;4-7,12-13H,3,8-11H2,1-2H3;3-6,11-12H,2,7-10,13H2,1H3. The van der Waals surface area contributed by atoms with Gasteiger partial charge in [-0.25, -0.2) is 51.9 Å². The van der Waals surface area contributed by atoms with Crippen LogP contribution in [0.4, 0.5) is 51.0 Å². The SMILES string of the molecule is CCc1nc2ccc(N3CCCN(C)CC3)nc2n2c1cc1cc(F)ccc12.CCn1c(=O)c2cc3cc(F)ccc3n2c2nc(N3CCCN(C)CC3)ccc21.CN1CCCN(c2ccc3c(n2)-n2c(cc4cc(F)ccc42)C(=O)C3)CC1.CN1CCCN(c2ccc3c(n2)n2c(cc4cc(F)ccc42)c(=O)n3C)CC1.CN1CCCN(c2ccc3c(n2)n2c(cc4cc(F)ccc42)c(=O)n3CC2CC2)CC1. The van der Waals surface area contributed by atoms with E-state index in [1.807, 2.05) is 89.9 Å². The molecule has 0 spiro atoms. The molecule has 26 rings (SSSR count). The third-order valence-corrected chi connectivity index (χ3v) is 29.8. The number of hydrogen-bond acceptors (Lipinski definition) is 20. The predicted molar refractivity (Wildman–Crippen MR) is 561 cm³/mol. The number of pyridine rings is 5. The lowest BCUT2D eigenvalue weighted by Gasteiger charge is -2.25. The average Bonchev–Trinajstić information content (AvgIpc) is 1.41. The van der Waals surface area contributed by atoms with Crippen molar-refractivity contribution < 1.29 is 26.7 Å². The number of aryl methyl sites for hydroxylation is 3. The highest BCUT2D eigenvalue weighted by atomic mass is 19.1. The van der Waals surface area contributed by atoms with Gasteiger partial charge in [-0.2, -0.15) is 0 Å². The van der Waals surface area contributed by atoms with Crippen LogP contribution in [0.2, 0.25) is 0 Å². The highest BCUT2D eigenvalue weighted by molar-refractivity contribution is 6.05. The number of rotatable bonds is 9. The van der Waals surface area contributed by atoms with Gasteiger partial charge < -0.3 is 62.7 Å². The maximum absolute atomic E-state index is 13.9. The van der Waals surface area contributed by atoms with Gasteiger partial charge in [0.2, 0.25) is 0 Å². The summed E-state index contributed by atoms with van der Waals surface area (Å²) < 4.78 is 83.8. The van der Waals surface area contributed by atoms with Crippen molar-refractivity contribution in [2.24, 2.45) is 13.0 Å². The van der Waals surface area contributed by atoms with Gasteiger partial charge in [0.05, 0.1) is 61.0 Å². The maximum atomic E-state index is 13.9. The number of aromatic nitrogens is 14. The molecule has 143 heavy (non-hydrogen) atoms. The Morgan fingerprint density at radius 3 is 1.05 bits per heavy atom. The molecule has 0 N–H and O–H groups in total. The summed E-state index contributed by atoms with van der Waals surface area (Å²) in [5.41, 5.74) is 15.4. The van der Waals surface area contributed by atoms with E-state index in [-0.39, 0.29) is 51.5 Å². The molecule has 736 valence electrons. The molecule has 0 unspecified atom stereocenters. The van der Waals surface area contributed by atoms with Gasteiger partial charge in [-0.3, -0.25) is 41.3 Å². The summed E-state index contributed by atoms with van der Waals surface area (Å²) in [5.74, 6) is 4.64. The van der Waals surface area contributed by atoms with Crippen molar-refractivity contribution in [1.82, 2.24) is 90.3 Å². The van der Waals surface area contributed by atoms with E-state index in [9.17, 15) is 41.1 Å². The monoisotopic (exact) mass is 1930 g/mol. The summed E-state index contributed by atoms with van der Waals surface area (Å²) in [6.07, 6.45) is 8.99. The summed E-state index contributed by atoms with van der Waals surface area (Å²) in [7, 11) is 12.5. The number of carbonyl (C=O) groups is 1. The minimum absolute atomic E-state index is 0.0260. The minimum atomic E-state index is -0.313. The summed E-state index contributed by atoms with van der Waals surface area (Å²) >= 11 is 0. The van der Waals surface area contributed by atoms with E-state index >= 15 is 0 Å². The first kappa shape index (κ1) is 93.7. The topological polar surface area (TPSA) is 215 Å². The molecule has 19 aromatic rings. The predicted octanol–water partition coefficient (Wildman–Crippen LogP) is 16.1. The van der Waals surface area contributed by atoms with E-state index in [2.05, 4.69) is 108 Å². The smallest absolute Gasteiger partial charge is 0.275 e. The molecule has 1 saturated carbocycles. The first-order valence-electron chi connectivity index (χ1n) is 50.2. The van der Waals surface area contributed by atoms with Crippen molar-refractivity contribution in [3.8, 4) is 5.82 Å². The quantitative estimate of drug-likeness (QED) is 0.123. The Balaban J connectivity index is 0.000000102. The molecule has 20 heterocycles. The molecule has 14 aromatic heterocycles. The third-order valence-electron chi connectivity index (χ3n) is 29.8. The summed E-state index contributed by atoms with van der Waals surface area (Å²) in [4.78, 5) is 105. The first-order chi connectivity index (χ1) is 69.4. The Hall–Kier alpha value is -14.3. The van der Waals surface area contributed by atoms with Crippen LogP contribution in [0.5, 0.6) is 0 Å². The second-order valence-electron chi connectivity index (χ2n) is 39.5. The zero-order chi connectivity index (χ0) is 98.4. The van der Waals surface area contributed by atoms with Gasteiger partial charge in [0.25, 0.3) is 16.7 Å². The van der Waals surface area contributed by atoms with Crippen LogP contribution in [0.3, 0.4) is 0 Å². The lowest BCUT2D eigenvalue weighted by molar-refractivity contribution is 0.0982. The van der Waals surface area contributed by atoms with Crippen LogP contribution in [-0.4, -0.2) is 262 Å². The molecular weight excluding hydrogens is 1820 g/mol. The lowest BCUT2D eigenvalue weighted by atomic mass is 10.0. The molecule has 0 bridgehead atoms. The Morgan fingerprint density at radius 2 is 0.636 bits per heavy atom. The Kier molecular flexibility index (Phi) is 25.5.